The van der Waals surface area contributed by atoms with Gasteiger partial charge in [0, 0.05) is 6.54 Å². The molecule has 0 aromatic carbocycles. The maximum absolute atomic E-state index is 11.9. The summed E-state index contributed by atoms with van der Waals surface area (Å²) in [5, 5.41) is 2.97. The minimum Gasteiger partial charge on any atom is -0.444 e. The van der Waals surface area contributed by atoms with Gasteiger partial charge in [-0.05, 0) is 66.5 Å². The molecule has 1 aromatic rings. The molecule has 0 aliphatic carbocycles. The van der Waals surface area contributed by atoms with E-state index in [2.05, 4.69) is 40.1 Å². The van der Waals surface area contributed by atoms with E-state index in [1.807, 2.05) is 0 Å². The van der Waals surface area contributed by atoms with E-state index in [9.17, 15) is 4.79 Å². The Morgan fingerprint density at radius 1 is 1.50 bits per heavy atom. The number of halogens is 1. The molecule has 1 N–H and O–H groups in total. The Morgan fingerprint density at radius 3 is 2.72 bits per heavy atom. The number of carbonyl (C=O) groups excluding carboxylic acids is 1. The van der Waals surface area contributed by atoms with Crippen LogP contribution in [0.3, 0.4) is 0 Å². The largest absolute Gasteiger partial charge is 0.444 e. The lowest BCUT2D eigenvalue weighted by atomic mass is 9.80. The summed E-state index contributed by atoms with van der Waals surface area (Å²) in [6.45, 7) is 5.13. The van der Waals surface area contributed by atoms with Crippen LogP contribution in [0.5, 0.6) is 0 Å². The summed E-state index contributed by atoms with van der Waals surface area (Å²) in [6, 6.07) is 3.41. The number of hydrogen-bond donors (Lipinski definition) is 1. The SMILES string of the molecule is CN1CCC(C)(CNC(=O)c2ccc(Br)o2)CC1. The van der Waals surface area contributed by atoms with Gasteiger partial charge in [0.1, 0.15) is 0 Å². The molecule has 2 rings (SSSR count). The van der Waals surface area contributed by atoms with Gasteiger partial charge in [0.15, 0.2) is 10.4 Å². The maximum Gasteiger partial charge on any atom is 0.287 e. The van der Waals surface area contributed by atoms with Crippen molar-refractivity contribution in [2.75, 3.05) is 26.7 Å². The Hall–Kier alpha value is -0.810. The summed E-state index contributed by atoms with van der Waals surface area (Å²) in [5.41, 5.74) is 0.200. The quantitative estimate of drug-likeness (QED) is 0.932. The molecule has 0 spiro atoms. The molecule has 2 heterocycles. The van der Waals surface area contributed by atoms with E-state index in [0.29, 0.717) is 17.0 Å². The third-order valence-electron chi connectivity index (χ3n) is 3.67. The fourth-order valence-electron chi connectivity index (χ4n) is 2.15. The Bertz CT molecular complexity index is 422. The van der Waals surface area contributed by atoms with Crippen molar-refractivity contribution in [3.63, 3.8) is 0 Å². The zero-order chi connectivity index (χ0) is 13.2. The zero-order valence-electron chi connectivity index (χ0n) is 10.8. The molecule has 1 saturated heterocycles. The van der Waals surface area contributed by atoms with Crippen LogP contribution in [0, 0.1) is 5.41 Å². The van der Waals surface area contributed by atoms with Crippen molar-refractivity contribution < 1.29 is 9.21 Å². The van der Waals surface area contributed by atoms with Gasteiger partial charge in [0.05, 0.1) is 0 Å². The van der Waals surface area contributed by atoms with E-state index >= 15 is 0 Å². The first-order valence-electron chi connectivity index (χ1n) is 6.21. The number of hydrogen-bond acceptors (Lipinski definition) is 3. The van der Waals surface area contributed by atoms with Crippen LogP contribution in [0.2, 0.25) is 0 Å². The van der Waals surface area contributed by atoms with Crippen molar-refractivity contribution in [2.45, 2.75) is 19.8 Å². The molecular weight excluding hydrogens is 296 g/mol. The Labute approximate surface area is 116 Å². The van der Waals surface area contributed by atoms with Crippen LogP contribution >= 0.6 is 15.9 Å². The molecule has 1 aliphatic rings. The topological polar surface area (TPSA) is 45.5 Å². The molecule has 5 heteroatoms. The van der Waals surface area contributed by atoms with Crippen LogP contribution in [0.25, 0.3) is 0 Å². The molecule has 4 nitrogen and oxygen atoms in total. The van der Waals surface area contributed by atoms with E-state index in [4.69, 9.17) is 4.42 Å². The number of piperidine rings is 1. The molecule has 0 saturated carbocycles. The molecule has 1 fully saturated rings. The predicted octanol–water partition coefficient (Wildman–Crippen LogP) is 2.50. The summed E-state index contributed by atoms with van der Waals surface area (Å²) in [5.74, 6) is 0.222. The highest BCUT2D eigenvalue weighted by Gasteiger charge is 2.29. The third-order valence-corrected chi connectivity index (χ3v) is 4.09. The van der Waals surface area contributed by atoms with Gasteiger partial charge in [0.25, 0.3) is 5.91 Å². The lowest BCUT2D eigenvalue weighted by Crippen LogP contribution is -2.43. The highest BCUT2D eigenvalue weighted by molar-refractivity contribution is 9.10. The molecule has 0 atom stereocenters. The van der Waals surface area contributed by atoms with Crippen molar-refractivity contribution in [1.29, 1.82) is 0 Å². The van der Waals surface area contributed by atoms with Crippen molar-refractivity contribution in [2.24, 2.45) is 5.41 Å². The van der Waals surface area contributed by atoms with Crippen LogP contribution in [-0.2, 0) is 0 Å². The number of likely N-dealkylation sites (tertiary alicyclic amines) is 1. The van der Waals surface area contributed by atoms with Gasteiger partial charge in [0.2, 0.25) is 0 Å². The van der Waals surface area contributed by atoms with Gasteiger partial charge in [-0.2, -0.15) is 0 Å². The molecule has 0 unspecified atom stereocenters. The Balaban J connectivity index is 1.86. The monoisotopic (exact) mass is 314 g/mol. The van der Waals surface area contributed by atoms with Crippen LogP contribution < -0.4 is 5.32 Å². The molecular formula is C13H19BrN2O2. The fourth-order valence-corrected chi connectivity index (χ4v) is 2.46. The molecule has 1 aliphatic heterocycles. The zero-order valence-corrected chi connectivity index (χ0v) is 12.4. The fraction of sp³-hybridized carbons (Fsp3) is 0.615. The molecule has 100 valence electrons. The normalized spacial score (nSPS) is 19.7. The van der Waals surface area contributed by atoms with Gasteiger partial charge >= 0.3 is 0 Å². The molecule has 18 heavy (non-hydrogen) atoms. The molecule has 1 amide bonds. The van der Waals surface area contributed by atoms with Gasteiger partial charge < -0.3 is 14.6 Å². The molecule has 0 bridgehead atoms. The standard InChI is InChI=1S/C13H19BrN2O2/c1-13(5-7-16(2)8-6-13)9-15-12(17)10-3-4-11(14)18-10/h3-4H,5-9H2,1-2H3,(H,15,17). The third kappa shape index (κ3) is 3.36. The van der Waals surface area contributed by atoms with Gasteiger partial charge in [-0.15, -0.1) is 0 Å². The average Bonchev–Trinajstić information content (AvgIpc) is 2.77. The van der Waals surface area contributed by atoms with Crippen LogP contribution in [-0.4, -0.2) is 37.5 Å². The number of nitrogens with zero attached hydrogens (tertiary/aromatic N) is 1. The van der Waals surface area contributed by atoms with Gasteiger partial charge in [-0.1, -0.05) is 6.92 Å². The van der Waals surface area contributed by atoms with Crippen molar-refractivity contribution in [3.8, 4) is 0 Å². The van der Waals surface area contributed by atoms with Crippen LogP contribution in [0.4, 0.5) is 0 Å². The lowest BCUT2D eigenvalue weighted by molar-refractivity contribution is 0.0864. The van der Waals surface area contributed by atoms with Gasteiger partial charge in [-0.3, -0.25) is 4.79 Å². The van der Waals surface area contributed by atoms with Gasteiger partial charge in [-0.25, -0.2) is 0 Å². The highest BCUT2D eigenvalue weighted by Crippen LogP contribution is 2.29. The van der Waals surface area contributed by atoms with Crippen LogP contribution in [0.1, 0.15) is 30.3 Å². The van der Waals surface area contributed by atoms with E-state index in [-0.39, 0.29) is 11.3 Å². The van der Waals surface area contributed by atoms with Crippen molar-refractivity contribution in [1.82, 2.24) is 10.2 Å². The molecule has 0 radical (unpaired) electrons. The van der Waals surface area contributed by atoms with Crippen molar-refractivity contribution >= 4 is 21.8 Å². The van der Waals surface area contributed by atoms with E-state index < -0.39 is 0 Å². The summed E-state index contributed by atoms with van der Waals surface area (Å²) in [4.78, 5) is 14.2. The van der Waals surface area contributed by atoms with Crippen LogP contribution in [0.15, 0.2) is 21.2 Å². The first kappa shape index (κ1) is 13.6. The Morgan fingerprint density at radius 2 is 2.17 bits per heavy atom. The smallest absolute Gasteiger partial charge is 0.287 e. The second-order valence-electron chi connectivity index (χ2n) is 5.40. The minimum absolute atomic E-state index is 0.138. The first-order valence-corrected chi connectivity index (χ1v) is 7.00. The minimum atomic E-state index is -0.138. The lowest BCUT2D eigenvalue weighted by Gasteiger charge is -2.37. The number of furan rings is 1. The highest BCUT2D eigenvalue weighted by atomic mass is 79.9. The summed E-state index contributed by atoms with van der Waals surface area (Å²) in [7, 11) is 2.14. The van der Waals surface area contributed by atoms with Crippen molar-refractivity contribution in [3.05, 3.63) is 22.6 Å². The molecule has 1 aromatic heterocycles. The maximum atomic E-state index is 11.9. The predicted molar refractivity (Wildman–Crippen MR) is 73.6 cm³/mol. The summed E-state index contributed by atoms with van der Waals surface area (Å²) in [6.07, 6.45) is 2.23. The number of rotatable bonds is 3. The Kier molecular flexibility index (Phi) is 4.12. The van der Waals surface area contributed by atoms with E-state index in [1.165, 1.54) is 0 Å². The number of carbonyl (C=O) groups is 1. The number of nitrogens with one attached hydrogen (secondary N) is 1. The second-order valence-corrected chi connectivity index (χ2v) is 6.18. The first-order chi connectivity index (χ1) is 8.48. The van der Waals surface area contributed by atoms with E-state index in [1.54, 1.807) is 12.1 Å². The summed E-state index contributed by atoms with van der Waals surface area (Å²) < 4.78 is 5.81. The summed E-state index contributed by atoms with van der Waals surface area (Å²) >= 11 is 3.19. The van der Waals surface area contributed by atoms with E-state index in [0.717, 1.165) is 25.9 Å². The number of amides is 1. The average molecular weight is 315 g/mol. The second kappa shape index (κ2) is 5.45.